The van der Waals surface area contributed by atoms with Crippen LogP contribution in [0.3, 0.4) is 0 Å². The fourth-order valence-corrected chi connectivity index (χ4v) is 1.46. The number of rotatable bonds is 2. The van der Waals surface area contributed by atoms with Crippen LogP contribution >= 0.6 is 0 Å². The molecule has 17 heavy (non-hydrogen) atoms. The maximum Gasteiger partial charge on any atom is 0.429 e. The molecule has 0 N–H and O–H groups in total. The normalized spacial score (nSPS) is 15.4. The number of hydrogen-bond acceptors (Lipinski definition) is 4. The molecule has 96 valence electrons. The molecule has 0 unspecified atom stereocenters. The van der Waals surface area contributed by atoms with Crippen LogP contribution in [0.4, 0.5) is 9.59 Å². The van der Waals surface area contributed by atoms with E-state index in [9.17, 15) is 9.59 Å². The summed E-state index contributed by atoms with van der Waals surface area (Å²) in [5, 5.41) is 2.51. The number of amides is 2. The molecule has 2 amide bonds. The Morgan fingerprint density at radius 3 is 2.24 bits per heavy atom. The van der Waals surface area contributed by atoms with Gasteiger partial charge < -0.3 is 9.47 Å². The summed E-state index contributed by atoms with van der Waals surface area (Å²) in [5.41, 5.74) is 1.01. The Morgan fingerprint density at radius 2 is 1.71 bits per heavy atom. The summed E-state index contributed by atoms with van der Waals surface area (Å²) in [5.74, 6) is 0. The van der Waals surface area contributed by atoms with E-state index in [2.05, 4.69) is 0 Å². The third-order valence-electron chi connectivity index (χ3n) is 2.26. The van der Waals surface area contributed by atoms with E-state index in [1.165, 1.54) is 10.0 Å². The zero-order chi connectivity index (χ0) is 12.8. The average molecular weight is 242 g/mol. The SMILES string of the molecule is CCOC(=O)N1CC=C(C)CN1C(=O)OCC. The molecule has 6 nitrogen and oxygen atoms in total. The Labute approximate surface area is 101 Å². The molecular weight excluding hydrogens is 224 g/mol. The fraction of sp³-hybridized carbons (Fsp3) is 0.636. The highest BCUT2D eigenvalue weighted by Gasteiger charge is 2.30. The van der Waals surface area contributed by atoms with Gasteiger partial charge in [-0.05, 0) is 20.8 Å². The van der Waals surface area contributed by atoms with Crippen molar-refractivity contribution in [1.82, 2.24) is 10.0 Å². The van der Waals surface area contributed by atoms with Gasteiger partial charge in [0.2, 0.25) is 0 Å². The van der Waals surface area contributed by atoms with Crippen molar-refractivity contribution in [3.05, 3.63) is 11.6 Å². The van der Waals surface area contributed by atoms with Crippen LogP contribution in [0.5, 0.6) is 0 Å². The van der Waals surface area contributed by atoms with E-state index in [0.717, 1.165) is 5.57 Å². The highest BCUT2D eigenvalue weighted by atomic mass is 16.6. The predicted molar refractivity (Wildman–Crippen MR) is 61.2 cm³/mol. The zero-order valence-corrected chi connectivity index (χ0v) is 10.4. The molecule has 1 rings (SSSR count). The number of nitrogens with zero attached hydrogens (tertiary/aromatic N) is 2. The molecule has 0 radical (unpaired) electrons. The molecule has 0 saturated carbocycles. The Morgan fingerprint density at radius 1 is 1.18 bits per heavy atom. The first kappa shape index (κ1) is 13.3. The van der Waals surface area contributed by atoms with Gasteiger partial charge in [-0.25, -0.2) is 19.6 Å². The summed E-state index contributed by atoms with van der Waals surface area (Å²) in [6, 6.07) is 0. The van der Waals surface area contributed by atoms with E-state index in [1.54, 1.807) is 13.8 Å². The molecule has 0 saturated heterocycles. The molecule has 0 aromatic heterocycles. The van der Waals surface area contributed by atoms with Crippen LogP contribution in [0, 0.1) is 0 Å². The van der Waals surface area contributed by atoms with Gasteiger partial charge in [-0.2, -0.15) is 0 Å². The van der Waals surface area contributed by atoms with Crippen LogP contribution in [0.1, 0.15) is 20.8 Å². The average Bonchev–Trinajstić information content (AvgIpc) is 2.29. The summed E-state index contributed by atoms with van der Waals surface area (Å²) >= 11 is 0. The molecule has 0 bridgehead atoms. The van der Waals surface area contributed by atoms with Gasteiger partial charge in [0.15, 0.2) is 0 Å². The molecule has 0 aromatic rings. The maximum atomic E-state index is 11.7. The number of ether oxygens (including phenoxy) is 2. The molecule has 0 aliphatic carbocycles. The molecule has 1 aliphatic heterocycles. The van der Waals surface area contributed by atoms with E-state index in [0.29, 0.717) is 13.1 Å². The van der Waals surface area contributed by atoms with Crippen LogP contribution in [0.25, 0.3) is 0 Å². The van der Waals surface area contributed by atoms with Crippen molar-refractivity contribution in [2.75, 3.05) is 26.3 Å². The van der Waals surface area contributed by atoms with E-state index in [-0.39, 0.29) is 13.2 Å². The first-order valence-electron chi connectivity index (χ1n) is 5.64. The minimum atomic E-state index is -0.538. The number of hydrogen-bond donors (Lipinski definition) is 0. The third-order valence-corrected chi connectivity index (χ3v) is 2.26. The Balaban J connectivity index is 2.77. The molecule has 0 atom stereocenters. The van der Waals surface area contributed by atoms with Gasteiger partial charge in [-0.1, -0.05) is 11.6 Å². The lowest BCUT2D eigenvalue weighted by Crippen LogP contribution is -2.52. The topological polar surface area (TPSA) is 59.1 Å². The second-order valence-corrected chi connectivity index (χ2v) is 3.59. The lowest BCUT2D eigenvalue weighted by molar-refractivity contribution is -0.0134. The number of carbonyl (C=O) groups is 2. The van der Waals surface area contributed by atoms with Crippen molar-refractivity contribution in [1.29, 1.82) is 0 Å². The molecular formula is C11H18N2O4. The summed E-state index contributed by atoms with van der Waals surface area (Å²) in [6.45, 7) is 6.55. The molecule has 0 aromatic carbocycles. The quantitative estimate of drug-likeness (QED) is 0.692. The summed E-state index contributed by atoms with van der Waals surface area (Å²) in [4.78, 5) is 23.3. The summed E-state index contributed by atoms with van der Waals surface area (Å²) in [6.07, 6.45) is 0.810. The highest BCUT2D eigenvalue weighted by molar-refractivity contribution is 5.75. The predicted octanol–water partition coefficient (Wildman–Crippen LogP) is 1.78. The van der Waals surface area contributed by atoms with Crippen molar-refractivity contribution in [2.45, 2.75) is 20.8 Å². The minimum Gasteiger partial charge on any atom is -0.448 e. The first-order valence-corrected chi connectivity index (χ1v) is 5.64. The molecule has 1 heterocycles. The van der Waals surface area contributed by atoms with E-state index >= 15 is 0 Å². The van der Waals surface area contributed by atoms with Gasteiger partial charge in [-0.3, -0.25) is 0 Å². The summed E-state index contributed by atoms with van der Waals surface area (Å²) in [7, 11) is 0. The Kier molecular flexibility index (Phi) is 4.81. The monoisotopic (exact) mass is 242 g/mol. The van der Waals surface area contributed by atoms with Crippen molar-refractivity contribution >= 4 is 12.2 Å². The lowest BCUT2D eigenvalue weighted by atomic mass is 10.2. The van der Waals surface area contributed by atoms with Crippen LogP contribution in [0.2, 0.25) is 0 Å². The summed E-state index contributed by atoms with van der Waals surface area (Å²) < 4.78 is 9.78. The smallest absolute Gasteiger partial charge is 0.429 e. The van der Waals surface area contributed by atoms with Gasteiger partial charge in [-0.15, -0.1) is 0 Å². The van der Waals surface area contributed by atoms with E-state index < -0.39 is 12.2 Å². The van der Waals surface area contributed by atoms with Gasteiger partial charge in [0.05, 0.1) is 26.3 Å². The van der Waals surface area contributed by atoms with Crippen LogP contribution in [0.15, 0.2) is 11.6 Å². The van der Waals surface area contributed by atoms with Gasteiger partial charge in [0.25, 0.3) is 0 Å². The molecule has 0 spiro atoms. The van der Waals surface area contributed by atoms with Gasteiger partial charge >= 0.3 is 12.2 Å². The second-order valence-electron chi connectivity index (χ2n) is 3.59. The van der Waals surface area contributed by atoms with Crippen molar-refractivity contribution in [2.24, 2.45) is 0 Å². The van der Waals surface area contributed by atoms with Gasteiger partial charge in [0, 0.05) is 0 Å². The number of carbonyl (C=O) groups excluding carboxylic acids is 2. The third kappa shape index (κ3) is 3.37. The maximum absolute atomic E-state index is 11.7. The van der Waals surface area contributed by atoms with Crippen molar-refractivity contribution in [3.8, 4) is 0 Å². The largest absolute Gasteiger partial charge is 0.448 e. The van der Waals surface area contributed by atoms with E-state index in [4.69, 9.17) is 9.47 Å². The lowest BCUT2D eigenvalue weighted by Gasteiger charge is -2.35. The Bertz CT molecular complexity index is 327. The molecule has 1 aliphatic rings. The first-order chi connectivity index (χ1) is 8.10. The fourth-order valence-electron chi connectivity index (χ4n) is 1.46. The second kappa shape index (κ2) is 6.12. The van der Waals surface area contributed by atoms with Gasteiger partial charge in [0.1, 0.15) is 0 Å². The standard InChI is InChI=1S/C11H18N2O4/c1-4-16-10(14)12-7-6-9(3)8-13(12)11(15)17-5-2/h6H,4-5,7-8H2,1-3H3. The number of hydrazine groups is 1. The van der Waals surface area contributed by atoms with Crippen molar-refractivity contribution < 1.29 is 19.1 Å². The highest BCUT2D eigenvalue weighted by Crippen LogP contribution is 2.13. The Hall–Kier alpha value is -1.72. The minimum absolute atomic E-state index is 0.273. The van der Waals surface area contributed by atoms with Crippen LogP contribution in [-0.4, -0.2) is 48.5 Å². The van der Waals surface area contributed by atoms with E-state index in [1.807, 2.05) is 13.0 Å². The van der Waals surface area contributed by atoms with Crippen LogP contribution in [-0.2, 0) is 9.47 Å². The van der Waals surface area contributed by atoms with Crippen molar-refractivity contribution in [3.63, 3.8) is 0 Å². The zero-order valence-electron chi connectivity index (χ0n) is 10.4. The molecule has 6 heteroatoms. The van der Waals surface area contributed by atoms with Crippen LogP contribution < -0.4 is 0 Å². The molecule has 0 fully saturated rings.